The van der Waals surface area contributed by atoms with Gasteiger partial charge in [0, 0.05) is 31.6 Å². The normalized spacial score (nSPS) is 17.2. The molecule has 1 atom stereocenters. The first-order valence-corrected chi connectivity index (χ1v) is 9.96. The Morgan fingerprint density at radius 3 is 2.38 bits per heavy atom. The summed E-state index contributed by atoms with van der Waals surface area (Å²) < 4.78 is 31.9. The van der Waals surface area contributed by atoms with E-state index in [1.165, 1.54) is 11.4 Å². The van der Waals surface area contributed by atoms with E-state index >= 15 is 0 Å². The number of nitrogens with two attached hydrogens (primary N) is 1. The molecule has 0 bridgehead atoms. The predicted octanol–water partition coefficient (Wildman–Crippen LogP) is 1.37. The molecule has 7 nitrogen and oxygen atoms in total. The highest BCUT2D eigenvalue weighted by Crippen LogP contribution is 2.25. The first kappa shape index (κ1) is 22.7. The summed E-state index contributed by atoms with van der Waals surface area (Å²) in [5, 5.41) is 2.88. The maximum absolute atomic E-state index is 12.7. The van der Waals surface area contributed by atoms with Crippen molar-refractivity contribution in [2.24, 2.45) is 11.7 Å². The number of carbonyl (C=O) groups excluding carboxylic acids is 1. The standard InChI is InChI=1S/C17H27N3O4S.ClH/c1-13(18)7-10-19-17(21)14-8-11-20(12-9-14)25(22,23)16-5-3-15(24-2)4-6-16;/h3-6,13-14H,7-12,18H2,1-2H3,(H,19,21);1H. The van der Waals surface area contributed by atoms with Gasteiger partial charge in [-0.3, -0.25) is 4.79 Å². The first-order valence-electron chi connectivity index (χ1n) is 8.52. The SMILES string of the molecule is COc1ccc(S(=O)(=O)N2CCC(C(=O)NCCC(C)N)CC2)cc1.Cl. The minimum Gasteiger partial charge on any atom is -0.497 e. The van der Waals surface area contributed by atoms with Crippen molar-refractivity contribution in [1.29, 1.82) is 0 Å². The number of nitrogens with zero attached hydrogens (tertiary/aromatic N) is 1. The van der Waals surface area contributed by atoms with E-state index in [-0.39, 0.29) is 35.2 Å². The molecule has 1 aliphatic rings. The summed E-state index contributed by atoms with van der Waals surface area (Å²) in [6.07, 6.45) is 1.79. The number of hydrogen-bond acceptors (Lipinski definition) is 5. The van der Waals surface area contributed by atoms with Gasteiger partial charge in [-0.15, -0.1) is 12.4 Å². The van der Waals surface area contributed by atoms with Crippen LogP contribution in [0.4, 0.5) is 0 Å². The number of amides is 1. The van der Waals surface area contributed by atoms with Crippen LogP contribution >= 0.6 is 12.4 Å². The summed E-state index contributed by atoms with van der Waals surface area (Å²) in [5.74, 6) is 0.457. The molecule has 26 heavy (non-hydrogen) atoms. The molecule has 0 saturated carbocycles. The van der Waals surface area contributed by atoms with Crippen LogP contribution in [0.15, 0.2) is 29.2 Å². The van der Waals surface area contributed by atoms with Crippen LogP contribution in [0.1, 0.15) is 26.2 Å². The number of ether oxygens (including phenoxy) is 1. The number of hydrogen-bond donors (Lipinski definition) is 2. The molecule has 148 valence electrons. The molecular formula is C17H28ClN3O4S. The van der Waals surface area contributed by atoms with Gasteiger partial charge in [-0.25, -0.2) is 8.42 Å². The molecule has 1 saturated heterocycles. The summed E-state index contributed by atoms with van der Waals surface area (Å²) in [6, 6.07) is 6.40. The second-order valence-corrected chi connectivity index (χ2v) is 8.35. The van der Waals surface area contributed by atoms with Crippen LogP contribution in [0.25, 0.3) is 0 Å². The molecule has 1 amide bonds. The van der Waals surface area contributed by atoms with Crippen LogP contribution in [0, 0.1) is 5.92 Å². The number of rotatable bonds is 7. The Morgan fingerprint density at radius 2 is 1.88 bits per heavy atom. The molecular weight excluding hydrogens is 378 g/mol. The summed E-state index contributed by atoms with van der Waals surface area (Å²) in [5.41, 5.74) is 5.66. The Kier molecular flexibility index (Phi) is 8.82. The van der Waals surface area contributed by atoms with Crippen molar-refractivity contribution >= 4 is 28.3 Å². The average Bonchev–Trinajstić information content (AvgIpc) is 2.61. The smallest absolute Gasteiger partial charge is 0.243 e. The maximum Gasteiger partial charge on any atom is 0.243 e. The van der Waals surface area contributed by atoms with Crippen molar-refractivity contribution in [2.75, 3.05) is 26.7 Å². The van der Waals surface area contributed by atoms with E-state index in [9.17, 15) is 13.2 Å². The van der Waals surface area contributed by atoms with Crippen LogP contribution in [-0.4, -0.2) is 51.4 Å². The number of carbonyl (C=O) groups is 1. The van der Waals surface area contributed by atoms with Crippen LogP contribution in [0.2, 0.25) is 0 Å². The minimum absolute atomic E-state index is 0. The molecule has 2 rings (SSSR count). The van der Waals surface area contributed by atoms with Crippen molar-refractivity contribution in [3.05, 3.63) is 24.3 Å². The zero-order valence-electron chi connectivity index (χ0n) is 15.2. The minimum atomic E-state index is -3.53. The van der Waals surface area contributed by atoms with E-state index in [0.29, 0.717) is 38.2 Å². The first-order chi connectivity index (χ1) is 11.8. The van der Waals surface area contributed by atoms with Crippen molar-refractivity contribution in [2.45, 2.75) is 37.1 Å². The Labute approximate surface area is 161 Å². The lowest BCUT2D eigenvalue weighted by atomic mass is 9.97. The topological polar surface area (TPSA) is 102 Å². The van der Waals surface area contributed by atoms with Crippen LogP contribution in [0.3, 0.4) is 0 Å². The van der Waals surface area contributed by atoms with Crippen molar-refractivity contribution < 1.29 is 17.9 Å². The van der Waals surface area contributed by atoms with Gasteiger partial charge in [0.1, 0.15) is 5.75 Å². The monoisotopic (exact) mass is 405 g/mol. The molecule has 0 aliphatic carbocycles. The second-order valence-electron chi connectivity index (χ2n) is 6.41. The molecule has 3 N–H and O–H groups in total. The fourth-order valence-corrected chi connectivity index (χ4v) is 4.29. The summed E-state index contributed by atoms with van der Waals surface area (Å²) in [4.78, 5) is 12.4. The third kappa shape index (κ3) is 5.84. The number of methoxy groups -OCH3 is 1. The zero-order chi connectivity index (χ0) is 18.4. The van der Waals surface area contributed by atoms with Gasteiger partial charge >= 0.3 is 0 Å². The van der Waals surface area contributed by atoms with E-state index in [1.54, 1.807) is 24.3 Å². The van der Waals surface area contributed by atoms with E-state index in [2.05, 4.69) is 5.32 Å². The Morgan fingerprint density at radius 1 is 1.31 bits per heavy atom. The molecule has 9 heteroatoms. The van der Waals surface area contributed by atoms with Gasteiger partial charge in [-0.1, -0.05) is 0 Å². The Hall–Kier alpha value is -1.35. The fourth-order valence-electron chi connectivity index (χ4n) is 2.82. The van der Waals surface area contributed by atoms with Gasteiger partial charge in [0.2, 0.25) is 15.9 Å². The fraction of sp³-hybridized carbons (Fsp3) is 0.588. The van der Waals surface area contributed by atoms with Crippen molar-refractivity contribution in [3.63, 3.8) is 0 Å². The number of halogens is 1. The van der Waals surface area contributed by atoms with Crippen molar-refractivity contribution in [3.8, 4) is 5.75 Å². The number of sulfonamides is 1. The summed E-state index contributed by atoms with van der Waals surface area (Å²) in [7, 11) is -2.00. The molecule has 1 aliphatic heterocycles. The number of nitrogens with one attached hydrogen (secondary N) is 1. The van der Waals surface area contributed by atoms with Gasteiger partial charge < -0.3 is 15.8 Å². The van der Waals surface area contributed by atoms with Gasteiger partial charge in [0.15, 0.2) is 0 Å². The van der Waals surface area contributed by atoms with Gasteiger partial charge in [-0.05, 0) is 50.5 Å². The predicted molar refractivity (Wildman–Crippen MR) is 103 cm³/mol. The molecule has 1 aromatic rings. The second kappa shape index (κ2) is 10.1. The lowest BCUT2D eigenvalue weighted by Gasteiger charge is -2.30. The van der Waals surface area contributed by atoms with E-state index in [1.807, 2.05) is 6.92 Å². The van der Waals surface area contributed by atoms with E-state index in [0.717, 1.165) is 6.42 Å². The molecule has 0 aromatic heterocycles. The van der Waals surface area contributed by atoms with E-state index < -0.39 is 10.0 Å². The third-order valence-corrected chi connectivity index (χ3v) is 6.33. The van der Waals surface area contributed by atoms with Crippen LogP contribution < -0.4 is 15.8 Å². The molecule has 0 spiro atoms. The quantitative estimate of drug-likeness (QED) is 0.713. The Balaban J connectivity index is 0.00000338. The third-order valence-electron chi connectivity index (χ3n) is 4.42. The number of benzene rings is 1. The average molecular weight is 406 g/mol. The van der Waals surface area contributed by atoms with Crippen LogP contribution in [0.5, 0.6) is 5.75 Å². The highest BCUT2D eigenvalue weighted by atomic mass is 35.5. The molecule has 1 unspecified atom stereocenters. The molecule has 1 heterocycles. The number of piperidine rings is 1. The zero-order valence-corrected chi connectivity index (χ0v) is 16.8. The van der Waals surface area contributed by atoms with Crippen molar-refractivity contribution in [1.82, 2.24) is 9.62 Å². The Bertz CT molecular complexity index is 672. The lowest BCUT2D eigenvalue weighted by molar-refractivity contribution is -0.126. The van der Waals surface area contributed by atoms with Gasteiger partial charge in [0.25, 0.3) is 0 Å². The maximum atomic E-state index is 12.7. The molecule has 1 fully saturated rings. The largest absolute Gasteiger partial charge is 0.497 e. The van der Waals surface area contributed by atoms with Gasteiger partial charge in [0.05, 0.1) is 12.0 Å². The van der Waals surface area contributed by atoms with Gasteiger partial charge in [-0.2, -0.15) is 4.31 Å². The highest BCUT2D eigenvalue weighted by molar-refractivity contribution is 7.89. The summed E-state index contributed by atoms with van der Waals surface area (Å²) in [6.45, 7) is 3.15. The summed E-state index contributed by atoms with van der Waals surface area (Å²) >= 11 is 0. The highest BCUT2D eigenvalue weighted by Gasteiger charge is 2.31. The lowest BCUT2D eigenvalue weighted by Crippen LogP contribution is -2.43. The molecule has 1 aromatic carbocycles. The molecule has 0 radical (unpaired) electrons. The van der Waals surface area contributed by atoms with E-state index in [4.69, 9.17) is 10.5 Å². The van der Waals surface area contributed by atoms with Crippen LogP contribution in [-0.2, 0) is 14.8 Å².